The summed E-state index contributed by atoms with van der Waals surface area (Å²) in [7, 11) is 0. The zero-order valence-electron chi connectivity index (χ0n) is 18.3. The molecule has 0 aliphatic heterocycles. The number of hydrogen-bond donors (Lipinski definition) is 1. The van der Waals surface area contributed by atoms with Gasteiger partial charge in [-0.1, -0.05) is 54.6 Å². The van der Waals surface area contributed by atoms with Crippen molar-refractivity contribution in [1.82, 2.24) is 5.32 Å². The SMILES string of the molecule is CCN(CC)c1ccc(CNC(=O)/C(=C/c2cccc([N+](=O)[O-])c2)c2ccccc2)cc1. The maximum absolute atomic E-state index is 13.1. The second-order valence-electron chi connectivity index (χ2n) is 7.30. The molecule has 0 aliphatic carbocycles. The van der Waals surface area contributed by atoms with Crippen LogP contribution in [0.25, 0.3) is 11.6 Å². The lowest BCUT2D eigenvalue weighted by molar-refractivity contribution is -0.384. The summed E-state index contributed by atoms with van der Waals surface area (Å²) in [6.07, 6.45) is 1.68. The number of anilines is 1. The molecule has 0 atom stereocenters. The van der Waals surface area contributed by atoms with E-state index in [1.165, 1.54) is 12.1 Å². The van der Waals surface area contributed by atoms with Crippen LogP contribution in [0.15, 0.2) is 78.9 Å². The predicted molar refractivity (Wildman–Crippen MR) is 129 cm³/mol. The highest BCUT2D eigenvalue weighted by molar-refractivity contribution is 6.24. The number of benzene rings is 3. The number of nitrogens with zero attached hydrogens (tertiary/aromatic N) is 2. The summed E-state index contributed by atoms with van der Waals surface area (Å²) in [4.78, 5) is 26.0. The average Bonchev–Trinajstić information content (AvgIpc) is 2.83. The Morgan fingerprint density at radius 1 is 0.969 bits per heavy atom. The summed E-state index contributed by atoms with van der Waals surface area (Å²) >= 11 is 0. The van der Waals surface area contributed by atoms with E-state index in [1.807, 2.05) is 42.5 Å². The number of carbonyl (C=O) groups is 1. The molecular formula is C26H27N3O3. The normalized spacial score (nSPS) is 11.1. The van der Waals surface area contributed by atoms with Crippen molar-refractivity contribution < 1.29 is 9.72 Å². The van der Waals surface area contributed by atoms with Crippen molar-refractivity contribution in [1.29, 1.82) is 0 Å². The Hall–Kier alpha value is -3.93. The van der Waals surface area contributed by atoms with Gasteiger partial charge in [0.25, 0.3) is 11.6 Å². The van der Waals surface area contributed by atoms with Gasteiger partial charge in [0.15, 0.2) is 0 Å². The number of nitro benzene ring substituents is 1. The van der Waals surface area contributed by atoms with Crippen molar-refractivity contribution in [2.45, 2.75) is 20.4 Å². The third-order valence-corrected chi connectivity index (χ3v) is 5.24. The van der Waals surface area contributed by atoms with E-state index in [-0.39, 0.29) is 11.6 Å². The monoisotopic (exact) mass is 429 g/mol. The Kier molecular flexibility index (Phi) is 7.75. The Morgan fingerprint density at radius 2 is 1.66 bits per heavy atom. The number of non-ortho nitro benzene ring substituents is 1. The Balaban J connectivity index is 1.81. The van der Waals surface area contributed by atoms with Gasteiger partial charge in [-0.25, -0.2) is 0 Å². The molecule has 0 saturated carbocycles. The lowest BCUT2D eigenvalue weighted by Gasteiger charge is -2.21. The van der Waals surface area contributed by atoms with Crippen LogP contribution in [-0.2, 0) is 11.3 Å². The van der Waals surface area contributed by atoms with Gasteiger partial charge in [-0.2, -0.15) is 0 Å². The highest BCUT2D eigenvalue weighted by atomic mass is 16.6. The minimum Gasteiger partial charge on any atom is -0.372 e. The van der Waals surface area contributed by atoms with E-state index >= 15 is 0 Å². The van der Waals surface area contributed by atoms with Gasteiger partial charge < -0.3 is 10.2 Å². The highest BCUT2D eigenvalue weighted by Gasteiger charge is 2.13. The molecule has 0 radical (unpaired) electrons. The lowest BCUT2D eigenvalue weighted by atomic mass is 10.0. The van der Waals surface area contributed by atoms with E-state index in [9.17, 15) is 14.9 Å². The van der Waals surface area contributed by atoms with E-state index in [2.05, 4.69) is 36.2 Å². The van der Waals surface area contributed by atoms with E-state index in [0.29, 0.717) is 17.7 Å². The summed E-state index contributed by atoms with van der Waals surface area (Å²) in [6, 6.07) is 23.7. The molecule has 0 heterocycles. The van der Waals surface area contributed by atoms with Crippen LogP contribution in [0, 0.1) is 10.1 Å². The molecule has 6 heteroatoms. The minimum absolute atomic E-state index is 0.0140. The number of nitro groups is 1. The van der Waals surface area contributed by atoms with Crippen molar-refractivity contribution >= 4 is 28.9 Å². The smallest absolute Gasteiger partial charge is 0.270 e. The van der Waals surface area contributed by atoms with Gasteiger partial charge in [0.1, 0.15) is 0 Å². The van der Waals surface area contributed by atoms with Crippen molar-refractivity contribution in [2.75, 3.05) is 18.0 Å². The van der Waals surface area contributed by atoms with Crippen molar-refractivity contribution in [3.63, 3.8) is 0 Å². The zero-order valence-corrected chi connectivity index (χ0v) is 18.3. The molecule has 0 aliphatic rings. The number of carbonyl (C=O) groups excluding carboxylic acids is 1. The quantitative estimate of drug-likeness (QED) is 0.217. The molecule has 3 aromatic carbocycles. The molecule has 3 rings (SSSR count). The van der Waals surface area contributed by atoms with Gasteiger partial charge in [-0.05, 0) is 48.7 Å². The molecule has 1 amide bonds. The molecule has 0 spiro atoms. The van der Waals surface area contributed by atoms with Crippen LogP contribution in [0.1, 0.15) is 30.5 Å². The zero-order chi connectivity index (χ0) is 22.9. The molecule has 0 bridgehead atoms. The third-order valence-electron chi connectivity index (χ3n) is 5.24. The molecule has 0 aromatic heterocycles. The lowest BCUT2D eigenvalue weighted by Crippen LogP contribution is -2.24. The molecule has 0 saturated heterocycles. The first-order valence-electron chi connectivity index (χ1n) is 10.7. The summed E-state index contributed by atoms with van der Waals surface area (Å²) in [5.41, 5.74) is 3.92. The van der Waals surface area contributed by atoms with Crippen LogP contribution in [0.2, 0.25) is 0 Å². The van der Waals surface area contributed by atoms with E-state index in [0.717, 1.165) is 29.9 Å². The molecule has 0 fully saturated rings. The van der Waals surface area contributed by atoms with Gasteiger partial charge in [0.05, 0.1) is 4.92 Å². The topological polar surface area (TPSA) is 75.5 Å². The van der Waals surface area contributed by atoms with Crippen molar-refractivity contribution in [2.24, 2.45) is 0 Å². The maximum Gasteiger partial charge on any atom is 0.270 e. The fourth-order valence-electron chi connectivity index (χ4n) is 3.48. The summed E-state index contributed by atoms with van der Waals surface area (Å²) in [5.74, 6) is -0.240. The van der Waals surface area contributed by atoms with Gasteiger partial charge in [-0.3, -0.25) is 14.9 Å². The molecule has 164 valence electrons. The average molecular weight is 430 g/mol. The second-order valence-corrected chi connectivity index (χ2v) is 7.30. The van der Waals surface area contributed by atoms with Crippen LogP contribution < -0.4 is 10.2 Å². The van der Waals surface area contributed by atoms with Gasteiger partial charge in [0, 0.05) is 43.0 Å². The number of hydrogen-bond acceptors (Lipinski definition) is 4. The third kappa shape index (κ3) is 5.82. The van der Waals surface area contributed by atoms with Crippen LogP contribution in [-0.4, -0.2) is 23.9 Å². The molecule has 1 N–H and O–H groups in total. The standard InChI is InChI=1S/C26H27N3O3/c1-3-28(4-2)23-15-13-20(14-16-23)19-27-26(30)25(22-10-6-5-7-11-22)18-21-9-8-12-24(17-21)29(31)32/h5-18H,3-4,19H2,1-2H3,(H,27,30)/b25-18+. The molecule has 6 nitrogen and oxygen atoms in total. The Labute approximate surface area is 188 Å². The van der Waals surface area contributed by atoms with Crippen LogP contribution in [0.5, 0.6) is 0 Å². The van der Waals surface area contributed by atoms with Crippen molar-refractivity contribution in [3.8, 4) is 0 Å². The summed E-state index contributed by atoms with van der Waals surface area (Å²) < 4.78 is 0. The van der Waals surface area contributed by atoms with Crippen LogP contribution >= 0.6 is 0 Å². The Morgan fingerprint density at radius 3 is 2.28 bits per heavy atom. The van der Waals surface area contributed by atoms with Gasteiger partial charge in [-0.15, -0.1) is 0 Å². The van der Waals surface area contributed by atoms with E-state index < -0.39 is 4.92 Å². The largest absolute Gasteiger partial charge is 0.372 e. The molecular weight excluding hydrogens is 402 g/mol. The molecule has 32 heavy (non-hydrogen) atoms. The van der Waals surface area contributed by atoms with Crippen LogP contribution in [0.4, 0.5) is 11.4 Å². The molecule has 0 unspecified atom stereocenters. The first-order chi connectivity index (χ1) is 15.5. The van der Waals surface area contributed by atoms with Gasteiger partial charge >= 0.3 is 0 Å². The minimum atomic E-state index is -0.443. The summed E-state index contributed by atoms with van der Waals surface area (Å²) in [5, 5.41) is 14.1. The second kappa shape index (κ2) is 10.9. The Bertz CT molecular complexity index is 1090. The van der Waals surface area contributed by atoms with Gasteiger partial charge in [0.2, 0.25) is 0 Å². The van der Waals surface area contributed by atoms with E-state index in [1.54, 1.807) is 18.2 Å². The first kappa shape index (κ1) is 22.7. The van der Waals surface area contributed by atoms with Crippen LogP contribution in [0.3, 0.4) is 0 Å². The number of amides is 1. The fourth-order valence-corrected chi connectivity index (χ4v) is 3.48. The number of nitrogens with one attached hydrogen (secondary N) is 1. The first-order valence-corrected chi connectivity index (χ1v) is 10.7. The number of rotatable bonds is 9. The summed E-state index contributed by atoms with van der Waals surface area (Å²) in [6.45, 7) is 6.51. The highest BCUT2D eigenvalue weighted by Crippen LogP contribution is 2.22. The predicted octanol–water partition coefficient (Wildman–Crippen LogP) is 5.30. The van der Waals surface area contributed by atoms with Crippen molar-refractivity contribution in [3.05, 3.63) is 106 Å². The van der Waals surface area contributed by atoms with E-state index in [4.69, 9.17) is 0 Å². The fraction of sp³-hybridized carbons (Fsp3) is 0.192. The maximum atomic E-state index is 13.1. The molecule has 3 aromatic rings.